The molecule has 1 aromatic rings. The standard InChI is InChI=1S/C37H56N6O7/c1-21(2)17-26-32(45)38-27(18-22(3)4)33(46)41-29(19-23(5)6)36(49)43-16-8-10-31(43)37(50)42-15-7-9-30(42)35(48)40-28(34(47)39-26)20-24-11-13-25(44)14-12-24/h11-14,21-23,26-31,44H,7-10,15-20H2,1-6H3,(H,38,45)(H,39,47)(H,40,48)(H,41,46)/t26-,27-,28-,29+,30-,31+/m0/s1. The van der Waals surface area contributed by atoms with Crippen LogP contribution in [0, 0.1) is 17.8 Å². The van der Waals surface area contributed by atoms with Crippen LogP contribution in [-0.4, -0.2) is 99.7 Å². The monoisotopic (exact) mass is 696 g/mol. The Kier molecular flexibility index (Phi) is 13.3. The molecule has 3 saturated heterocycles. The maximum Gasteiger partial charge on any atom is 0.246 e. The summed E-state index contributed by atoms with van der Waals surface area (Å²) in [7, 11) is 0. The third-order valence-electron chi connectivity index (χ3n) is 9.67. The van der Waals surface area contributed by atoms with E-state index < -0.39 is 59.9 Å². The second kappa shape index (κ2) is 17.2. The first kappa shape index (κ1) is 38.6. The zero-order valence-electron chi connectivity index (χ0n) is 30.4. The molecule has 3 aliphatic heterocycles. The van der Waals surface area contributed by atoms with Crippen LogP contribution in [-0.2, 0) is 35.2 Å². The number of hydrogen-bond acceptors (Lipinski definition) is 7. The molecule has 0 aromatic heterocycles. The minimum Gasteiger partial charge on any atom is -0.508 e. The summed E-state index contributed by atoms with van der Waals surface area (Å²) in [5.41, 5.74) is 0.666. The van der Waals surface area contributed by atoms with E-state index in [4.69, 9.17) is 0 Å². The number of nitrogens with zero attached hydrogens (tertiary/aromatic N) is 2. The fourth-order valence-corrected chi connectivity index (χ4v) is 7.24. The summed E-state index contributed by atoms with van der Waals surface area (Å²) in [6.45, 7) is 12.3. The van der Waals surface area contributed by atoms with Gasteiger partial charge in [0.1, 0.15) is 42.0 Å². The number of amides is 6. The number of benzene rings is 1. The van der Waals surface area contributed by atoms with Gasteiger partial charge in [-0.15, -0.1) is 0 Å². The van der Waals surface area contributed by atoms with Crippen molar-refractivity contribution in [1.82, 2.24) is 31.1 Å². The normalized spacial score (nSPS) is 27.5. The fourth-order valence-electron chi connectivity index (χ4n) is 7.24. The molecule has 4 rings (SSSR count). The van der Waals surface area contributed by atoms with Crippen LogP contribution in [0.25, 0.3) is 0 Å². The Balaban J connectivity index is 1.75. The van der Waals surface area contributed by atoms with Gasteiger partial charge in [0.25, 0.3) is 0 Å². The lowest BCUT2D eigenvalue weighted by Gasteiger charge is -2.34. The largest absolute Gasteiger partial charge is 0.508 e. The lowest BCUT2D eigenvalue weighted by atomic mass is 9.98. The second-order valence-electron chi connectivity index (χ2n) is 15.4. The van der Waals surface area contributed by atoms with Gasteiger partial charge in [-0.05, 0) is 80.4 Å². The number of aromatic hydroxyl groups is 1. The highest BCUT2D eigenvalue weighted by Crippen LogP contribution is 2.27. The quantitative estimate of drug-likeness (QED) is 0.276. The van der Waals surface area contributed by atoms with Crippen molar-refractivity contribution >= 4 is 35.4 Å². The number of phenols is 1. The number of rotatable bonds is 8. The Morgan fingerprint density at radius 1 is 0.580 bits per heavy atom. The van der Waals surface area contributed by atoms with Gasteiger partial charge in [0.15, 0.2) is 0 Å². The molecule has 3 fully saturated rings. The van der Waals surface area contributed by atoms with Crippen molar-refractivity contribution in [2.45, 2.75) is 129 Å². The number of carbonyl (C=O) groups is 6. The number of phenolic OH excluding ortho intramolecular Hbond substituents is 1. The third kappa shape index (κ3) is 9.97. The molecular formula is C37H56N6O7. The van der Waals surface area contributed by atoms with Gasteiger partial charge in [-0.1, -0.05) is 53.7 Å². The van der Waals surface area contributed by atoms with E-state index in [1.807, 2.05) is 41.5 Å². The summed E-state index contributed by atoms with van der Waals surface area (Å²) in [5, 5.41) is 21.3. The number of nitrogens with one attached hydrogen (secondary N) is 4. The molecule has 6 amide bonds. The smallest absolute Gasteiger partial charge is 0.246 e. The molecule has 3 aliphatic rings. The molecule has 0 radical (unpaired) electrons. The van der Waals surface area contributed by atoms with E-state index >= 15 is 0 Å². The molecule has 6 atom stereocenters. The highest BCUT2D eigenvalue weighted by atomic mass is 16.3. The summed E-state index contributed by atoms with van der Waals surface area (Å²) in [6, 6.07) is 0.635. The van der Waals surface area contributed by atoms with Crippen molar-refractivity contribution < 1.29 is 33.9 Å². The fraction of sp³-hybridized carbons (Fsp3) is 0.676. The molecular weight excluding hydrogens is 640 g/mol. The first-order chi connectivity index (χ1) is 23.6. The van der Waals surface area contributed by atoms with Gasteiger partial charge in [0.05, 0.1) is 0 Å². The van der Waals surface area contributed by atoms with E-state index in [9.17, 15) is 33.9 Å². The van der Waals surface area contributed by atoms with Crippen molar-refractivity contribution in [2.24, 2.45) is 17.8 Å². The molecule has 50 heavy (non-hydrogen) atoms. The van der Waals surface area contributed by atoms with Crippen molar-refractivity contribution in [3.63, 3.8) is 0 Å². The molecule has 0 aliphatic carbocycles. The van der Waals surface area contributed by atoms with Crippen LogP contribution in [0.5, 0.6) is 5.75 Å². The highest BCUT2D eigenvalue weighted by molar-refractivity contribution is 5.98. The van der Waals surface area contributed by atoms with E-state index in [-0.39, 0.29) is 48.2 Å². The van der Waals surface area contributed by atoms with Gasteiger partial charge in [-0.3, -0.25) is 28.8 Å². The van der Waals surface area contributed by atoms with Crippen molar-refractivity contribution in [2.75, 3.05) is 13.1 Å². The zero-order valence-corrected chi connectivity index (χ0v) is 30.4. The molecule has 5 N–H and O–H groups in total. The zero-order chi connectivity index (χ0) is 36.7. The van der Waals surface area contributed by atoms with E-state index in [0.29, 0.717) is 57.2 Å². The van der Waals surface area contributed by atoms with Gasteiger partial charge >= 0.3 is 0 Å². The predicted octanol–water partition coefficient (Wildman–Crippen LogP) is 2.01. The van der Waals surface area contributed by atoms with Crippen LogP contribution in [0.4, 0.5) is 0 Å². The lowest BCUT2D eigenvalue weighted by molar-refractivity contribution is -0.148. The molecule has 276 valence electrons. The maximum absolute atomic E-state index is 14.2. The highest BCUT2D eigenvalue weighted by Gasteiger charge is 2.44. The van der Waals surface area contributed by atoms with E-state index in [1.54, 1.807) is 17.0 Å². The van der Waals surface area contributed by atoms with Crippen LogP contribution >= 0.6 is 0 Å². The summed E-state index contributed by atoms with van der Waals surface area (Å²) in [6.07, 6.45) is 2.99. The average molecular weight is 697 g/mol. The SMILES string of the molecule is CC(C)C[C@@H]1NC(=O)[C@H](Cc2ccc(O)cc2)NC(=O)[C@@H]2CCCN2C(=O)[C@H]2CCCN2C(=O)[C@@H](CC(C)C)NC(=O)[C@H](CC(C)C)NC1=O. The number of hydrogen-bond donors (Lipinski definition) is 5. The molecule has 13 nitrogen and oxygen atoms in total. The topological polar surface area (TPSA) is 177 Å². The van der Waals surface area contributed by atoms with Gasteiger partial charge in [0.2, 0.25) is 35.4 Å². The first-order valence-corrected chi connectivity index (χ1v) is 18.2. The summed E-state index contributed by atoms with van der Waals surface area (Å²) in [4.78, 5) is 87.1. The molecule has 1 aromatic carbocycles. The van der Waals surface area contributed by atoms with Crippen LogP contribution in [0.3, 0.4) is 0 Å². The lowest BCUT2D eigenvalue weighted by Crippen LogP contribution is -2.61. The molecule has 3 heterocycles. The summed E-state index contributed by atoms with van der Waals surface area (Å²) >= 11 is 0. The van der Waals surface area contributed by atoms with Gasteiger partial charge < -0.3 is 36.2 Å². The van der Waals surface area contributed by atoms with Gasteiger partial charge in [-0.25, -0.2) is 0 Å². The summed E-state index contributed by atoms with van der Waals surface area (Å²) < 4.78 is 0. The van der Waals surface area contributed by atoms with Crippen LogP contribution in [0.1, 0.15) is 92.1 Å². The van der Waals surface area contributed by atoms with Gasteiger partial charge in [-0.2, -0.15) is 0 Å². The minimum absolute atomic E-state index is 0.00839. The number of fused-ring (bicyclic) bond motifs is 2. The number of carbonyl (C=O) groups excluding carboxylic acids is 6. The Morgan fingerprint density at radius 3 is 1.52 bits per heavy atom. The third-order valence-corrected chi connectivity index (χ3v) is 9.67. The Bertz CT molecular complexity index is 1400. The van der Waals surface area contributed by atoms with Crippen molar-refractivity contribution in [3.05, 3.63) is 29.8 Å². The molecule has 0 unspecified atom stereocenters. The molecule has 13 heteroatoms. The van der Waals surface area contributed by atoms with E-state index in [2.05, 4.69) is 21.3 Å². The van der Waals surface area contributed by atoms with Crippen LogP contribution in [0.15, 0.2) is 24.3 Å². The van der Waals surface area contributed by atoms with E-state index in [0.717, 1.165) is 0 Å². The molecule has 0 bridgehead atoms. The van der Waals surface area contributed by atoms with Gasteiger partial charge in [0, 0.05) is 19.5 Å². The molecule has 0 saturated carbocycles. The van der Waals surface area contributed by atoms with Crippen molar-refractivity contribution in [1.29, 1.82) is 0 Å². The van der Waals surface area contributed by atoms with Crippen LogP contribution in [0.2, 0.25) is 0 Å². The first-order valence-electron chi connectivity index (χ1n) is 18.2. The molecule has 0 spiro atoms. The second-order valence-corrected chi connectivity index (χ2v) is 15.4. The maximum atomic E-state index is 14.2. The Morgan fingerprint density at radius 2 is 1.00 bits per heavy atom. The predicted molar refractivity (Wildman–Crippen MR) is 187 cm³/mol. The Labute approximate surface area is 295 Å². The van der Waals surface area contributed by atoms with E-state index in [1.165, 1.54) is 17.0 Å². The van der Waals surface area contributed by atoms with Crippen molar-refractivity contribution in [3.8, 4) is 5.75 Å². The Hall–Kier alpha value is -4.16. The summed E-state index contributed by atoms with van der Waals surface area (Å²) in [5.74, 6) is -2.67. The minimum atomic E-state index is -1.11. The van der Waals surface area contributed by atoms with Crippen LogP contribution < -0.4 is 21.3 Å². The average Bonchev–Trinajstić information content (AvgIpc) is 3.73.